The number of halogens is 2. The number of fused-ring (bicyclic) bond motifs is 1. The van der Waals surface area contributed by atoms with Crippen LogP contribution in [0.1, 0.15) is 88.2 Å². The van der Waals surface area contributed by atoms with Gasteiger partial charge in [0.1, 0.15) is 18.4 Å². The van der Waals surface area contributed by atoms with Gasteiger partial charge in [-0.05, 0) is 17.8 Å². The largest absolute Gasteiger partial charge is 0.384 e. The second-order valence-corrected chi connectivity index (χ2v) is 12.2. The number of nitrogens with two attached hydrogens (primary N) is 3. The van der Waals surface area contributed by atoms with Crippen molar-refractivity contribution in [3.05, 3.63) is 35.4 Å². The number of likely N-dealkylation sites (tertiary alicyclic amines) is 1. The Labute approximate surface area is 239 Å². The quantitative estimate of drug-likeness (QED) is 0.210. The fourth-order valence-electron chi connectivity index (χ4n) is 8.44. The van der Waals surface area contributed by atoms with Crippen molar-refractivity contribution in [2.75, 3.05) is 6.54 Å². The van der Waals surface area contributed by atoms with E-state index in [2.05, 4.69) is 0 Å². The van der Waals surface area contributed by atoms with Crippen molar-refractivity contribution in [2.24, 2.45) is 40.9 Å². The van der Waals surface area contributed by atoms with E-state index in [4.69, 9.17) is 22.6 Å². The Kier molecular flexibility index (Phi) is 9.94. The zero-order valence-electron chi connectivity index (χ0n) is 22.4. The van der Waals surface area contributed by atoms with Crippen LogP contribution >= 0.6 is 24.8 Å². The van der Waals surface area contributed by atoms with E-state index < -0.39 is 11.6 Å². The van der Waals surface area contributed by atoms with Gasteiger partial charge in [-0.25, -0.2) is 9.28 Å². The van der Waals surface area contributed by atoms with Crippen LogP contribution in [-0.2, 0) is 16.1 Å². The first-order valence-electron chi connectivity index (χ1n) is 14.2. The number of amidine groups is 1. The molecule has 0 radical (unpaired) electrons. The fourth-order valence-corrected chi connectivity index (χ4v) is 8.44. The van der Waals surface area contributed by atoms with Gasteiger partial charge in [-0.15, -0.1) is 24.8 Å². The number of hydrogen-bond acceptors (Lipinski definition) is 4. The minimum Gasteiger partial charge on any atom is -0.384 e. The first-order valence-corrected chi connectivity index (χ1v) is 14.2. The van der Waals surface area contributed by atoms with Gasteiger partial charge in [0.05, 0.1) is 6.54 Å². The van der Waals surface area contributed by atoms with E-state index in [0.29, 0.717) is 36.9 Å². The summed E-state index contributed by atoms with van der Waals surface area (Å²) in [4.78, 5) is 27.7. The summed E-state index contributed by atoms with van der Waals surface area (Å²) in [7, 11) is 0. The molecular formula is C29H46Cl2N5O2+. The normalized spacial score (nSPS) is 30.0. The van der Waals surface area contributed by atoms with Crippen LogP contribution in [0.15, 0.2) is 24.3 Å². The third kappa shape index (κ3) is 5.24. The molecule has 3 aliphatic carbocycles. The van der Waals surface area contributed by atoms with Crippen LogP contribution in [0.4, 0.5) is 0 Å². The second-order valence-electron chi connectivity index (χ2n) is 12.2. The number of carbonyl (C=O) groups excluding carboxylic acids is 2. The van der Waals surface area contributed by atoms with E-state index in [9.17, 15) is 9.59 Å². The number of benzene rings is 1. The molecule has 4 aliphatic rings. The Balaban J connectivity index is 0.00000200. The summed E-state index contributed by atoms with van der Waals surface area (Å²) in [6.45, 7) is 1.04. The van der Waals surface area contributed by atoms with E-state index in [0.717, 1.165) is 37.7 Å². The van der Waals surface area contributed by atoms with Gasteiger partial charge in [-0.3, -0.25) is 10.2 Å². The maximum absolute atomic E-state index is 14.7. The highest BCUT2D eigenvalue weighted by atomic mass is 35.5. The topological polar surface area (TPSA) is 136 Å². The number of nitrogen functional groups attached to an aromatic ring is 1. The van der Waals surface area contributed by atoms with Crippen LogP contribution in [0.5, 0.6) is 0 Å². The number of nitrogens with zero attached hydrogens (tertiary/aromatic N) is 1. The molecule has 7 nitrogen and oxygen atoms in total. The van der Waals surface area contributed by atoms with E-state index in [-0.39, 0.29) is 58.8 Å². The van der Waals surface area contributed by atoms with Crippen molar-refractivity contribution in [1.29, 1.82) is 5.41 Å². The van der Waals surface area contributed by atoms with Crippen molar-refractivity contribution >= 4 is 42.5 Å². The Bertz CT molecular complexity index is 991. The first-order chi connectivity index (χ1) is 17.3. The highest BCUT2D eigenvalue weighted by molar-refractivity contribution is 5.95. The molecule has 212 valence electrons. The highest BCUT2D eigenvalue weighted by Gasteiger charge is 2.79. The van der Waals surface area contributed by atoms with Crippen LogP contribution < -0.4 is 17.2 Å². The van der Waals surface area contributed by atoms with Gasteiger partial charge in [-0.2, -0.15) is 0 Å². The lowest BCUT2D eigenvalue weighted by atomic mass is 9.66. The smallest absolute Gasteiger partial charge is 0.331 e. The van der Waals surface area contributed by atoms with Crippen LogP contribution in [0.2, 0.25) is 0 Å². The Morgan fingerprint density at radius 1 is 0.895 bits per heavy atom. The average Bonchev–Trinajstić information content (AvgIpc) is 3.56. The standard InChI is InChI=1S/C29H43N5O2.2ClH/c30-25(24(20-7-3-1-4-8-20)21-9-5-2-6-10-21)27(35)34(16-15-23-17-29(23,34)28(33)36)18-19-11-13-22(14-12-19)26(31)32;;/h11-14,20-21,23-25H,1-10,15-18,30H2,(H4-,31,32,33,36);2*1H/p+1/t23-,25-,29+,34?;;/m1../s1. The van der Waals surface area contributed by atoms with Crippen molar-refractivity contribution in [3.63, 3.8) is 0 Å². The maximum atomic E-state index is 14.7. The van der Waals surface area contributed by atoms with Crippen molar-refractivity contribution in [1.82, 2.24) is 0 Å². The molecule has 1 unspecified atom stereocenters. The molecule has 2 amide bonds. The van der Waals surface area contributed by atoms with Crippen LogP contribution in [0, 0.1) is 29.1 Å². The van der Waals surface area contributed by atoms with Gasteiger partial charge in [0.25, 0.3) is 5.91 Å². The lowest BCUT2D eigenvalue weighted by Crippen LogP contribution is -2.68. The molecule has 0 bridgehead atoms. The number of piperidine rings is 1. The van der Waals surface area contributed by atoms with Gasteiger partial charge in [-0.1, -0.05) is 88.5 Å². The molecule has 3 saturated carbocycles. The molecule has 0 spiro atoms. The predicted octanol–water partition coefficient (Wildman–Crippen LogP) is 4.41. The molecule has 9 heteroatoms. The van der Waals surface area contributed by atoms with Crippen molar-refractivity contribution in [2.45, 2.75) is 95.2 Å². The minimum atomic E-state index is -0.822. The van der Waals surface area contributed by atoms with Crippen molar-refractivity contribution in [3.8, 4) is 0 Å². The molecule has 38 heavy (non-hydrogen) atoms. The molecule has 1 aromatic carbocycles. The monoisotopic (exact) mass is 566 g/mol. The molecular weight excluding hydrogens is 521 g/mol. The van der Waals surface area contributed by atoms with Crippen LogP contribution in [0.25, 0.3) is 0 Å². The van der Waals surface area contributed by atoms with Gasteiger partial charge < -0.3 is 17.2 Å². The highest BCUT2D eigenvalue weighted by Crippen LogP contribution is 2.61. The summed E-state index contributed by atoms with van der Waals surface area (Å²) in [6.07, 6.45) is 13.6. The zero-order valence-corrected chi connectivity index (χ0v) is 24.0. The second kappa shape index (κ2) is 12.2. The summed E-state index contributed by atoms with van der Waals surface area (Å²) < 4.78 is 0.0729. The van der Waals surface area contributed by atoms with Gasteiger partial charge in [0.2, 0.25) is 0 Å². The number of hydrogen-bond donors (Lipinski definition) is 4. The molecule has 0 aromatic heterocycles. The molecule has 4 fully saturated rings. The number of nitrogens with one attached hydrogen (secondary N) is 1. The molecule has 1 aliphatic heterocycles. The molecule has 5 rings (SSSR count). The number of quaternary nitrogens is 1. The molecule has 7 N–H and O–H groups in total. The minimum absolute atomic E-state index is 0. The molecule has 1 heterocycles. The van der Waals surface area contributed by atoms with Gasteiger partial charge in [0, 0.05) is 29.9 Å². The molecule has 1 aromatic rings. The van der Waals surface area contributed by atoms with E-state index >= 15 is 0 Å². The summed E-state index contributed by atoms with van der Waals surface area (Å²) in [5.41, 5.74) is 19.6. The zero-order chi connectivity index (χ0) is 25.5. The average molecular weight is 568 g/mol. The first kappa shape index (κ1) is 30.9. The summed E-state index contributed by atoms with van der Waals surface area (Å²) in [6, 6.07) is 6.94. The van der Waals surface area contributed by atoms with E-state index in [1.54, 1.807) is 0 Å². The Morgan fingerprint density at radius 2 is 1.42 bits per heavy atom. The summed E-state index contributed by atoms with van der Waals surface area (Å²) >= 11 is 0. The Morgan fingerprint density at radius 3 is 1.87 bits per heavy atom. The number of rotatable bonds is 8. The SMILES string of the molecule is Cl.Cl.N=C(N)c1ccc(C[N+]2(C(=O)[C@H](N)C(C3CCCCC3)C3CCCCC3)CC[C@@H]3C[C@@]32C(N)=O)cc1. The molecule has 4 atom stereocenters. The number of carbonyl (C=O) groups is 2. The van der Waals surface area contributed by atoms with E-state index in [1.807, 2.05) is 24.3 Å². The fraction of sp³-hybridized carbons (Fsp3) is 0.690. The number of amides is 2. The predicted molar refractivity (Wildman–Crippen MR) is 155 cm³/mol. The third-order valence-corrected chi connectivity index (χ3v) is 10.4. The summed E-state index contributed by atoms with van der Waals surface area (Å²) in [5.74, 6) is 1.06. The lowest BCUT2D eigenvalue weighted by molar-refractivity contribution is -0.886. The third-order valence-electron chi connectivity index (χ3n) is 10.4. The van der Waals surface area contributed by atoms with Crippen LogP contribution in [0.3, 0.4) is 0 Å². The Hall–Kier alpha value is -1.67. The maximum Gasteiger partial charge on any atom is 0.331 e. The number of primary amides is 1. The lowest BCUT2D eigenvalue weighted by Gasteiger charge is -2.45. The van der Waals surface area contributed by atoms with Gasteiger partial charge >= 0.3 is 5.91 Å². The summed E-state index contributed by atoms with van der Waals surface area (Å²) in [5, 5.41) is 7.70. The van der Waals surface area contributed by atoms with Crippen LogP contribution in [-0.4, -0.2) is 40.3 Å². The van der Waals surface area contributed by atoms with Crippen molar-refractivity contribution < 1.29 is 14.1 Å². The van der Waals surface area contributed by atoms with Gasteiger partial charge in [0.15, 0.2) is 5.54 Å². The molecule has 1 saturated heterocycles. The van der Waals surface area contributed by atoms with E-state index in [1.165, 1.54) is 38.5 Å².